The van der Waals surface area contributed by atoms with Crippen LogP contribution in [0.5, 0.6) is 5.75 Å². The molecule has 0 spiro atoms. The fraction of sp³-hybridized carbons (Fsp3) is 0.417. The Balaban J connectivity index is 3.10. The maximum atomic E-state index is 11.1. The van der Waals surface area contributed by atoms with Gasteiger partial charge < -0.3 is 9.64 Å². The number of carbonyl (C=O) groups excluding carboxylic acids is 1. The van der Waals surface area contributed by atoms with Gasteiger partial charge in [-0.1, -0.05) is 11.6 Å². The number of nitrogens with zero attached hydrogens (tertiary/aromatic N) is 1. The quantitative estimate of drug-likeness (QED) is 0.812. The predicted octanol–water partition coefficient (Wildman–Crippen LogP) is 2.68. The van der Waals surface area contributed by atoms with E-state index in [0.29, 0.717) is 11.6 Å². The number of benzene rings is 1. The van der Waals surface area contributed by atoms with Crippen LogP contribution < -0.4 is 9.64 Å². The molecule has 0 atom stereocenters. The second kappa shape index (κ2) is 5.21. The Labute approximate surface area is 101 Å². The number of likely N-dealkylation sites (N-methyl/N-ethyl adjacent to an activating group) is 1. The second-order valence-corrected chi connectivity index (χ2v) is 4.24. The molecule has 0 aliphatic heterocycles. The average Bonchev–Trinajstić information content (AvgIpc) is 2.20. The number of hydrogen-bond acceptors (Lipinski definition) is 3. The van der Waals surface area contributed by atoms with Crippen LogP contribution in [0.3, 0.4) is 0 Å². The third kappa shape index (κ3) is 2.89. The van der Waals surface area contributed by atoms with Crippen LogP contribution in [-0.4, -0.2) is 26.5 Å². The standard InChI is InChI=1S/C12H16ClNO2/c1-8-5-12(16-4)11(6-10(8)13)14(3)7-9(2)15/h5-6H,7H2,1-4H3. The summed E-state index contributed by atoms with van der Waals surface area (Å²) in [5.41, 5.74) is 1.78. The minimum Gasteiger partial charge on any atom is -0.495 e. The summed E-state index contributed by atoms with van der Waals surface area (Å²) in [6.07, 6.45) is 0. The zero-order valence-corrected chi connectivity index (χ0v) is 10.8. The van der Waals surface area contributed by atoms with Crippen LogP contribution in [0.25, 0.3) is 0 Å². The number of ether oxygens (including phenoxy) is 1. The fourth-order valence-corrected chi connectivity index (χ4v) is 1.68. The molecule has 0 aliphatic carbocycles. The number of aryl methyl sites for hydroxylation is 1. The Kier molecular flexibility index (Phi) is 4.19. The molecule has 0 unspecified atom stereocenters. The first kappa shape index (κ1) is 12.8. The van der Waals surface area contributed by atoms with Gasteiger partial charge in [-0.3, -0.25) is 4.79 Å². The highest BCUT2D eigenvalue weighted by atomic mass is 35.5. The smallest absolute Gasteiger partial charge is 0.149 e. The van der Waals surface area contributed by atoms with Gasteiger partial charge in [0.15, 0.2) is 0 Å². The molecule has 0 amide bonds. The first-order valence-electron chi connectivity index (χ1n) is 5.00. The Morgan fingerprint density at radius 1 is 1.50 bits per heavy atom. The molecule has 0 aliphatic rings. The molecule has 1 rings (SSSR count). The van der Waals surface area contributed by atoms with E-state index < -0.39 is 0 Å². The van der Waals surface area contributed by atoms with Crippen LogP contribution in [0.1, 0.15) is 12.5 Å². The Morgan fingerprint density at radius 2 is 2.12 bits per heavy atom. The third-order valence-corrected chi connectivity index (χ3v) is 2.74. The Hall–Kier alpha value is -1.22. The normalized spacial score (nSPS) is 10.1. The number of hydrogen-bond donors (Lipinski definition) is 0. The van der Waals surface area contributed by atoms with Crippen molar-refractivity contribution in [2.45, 2.75) is 13.8 Å². The number of rotatable bonds is 4. The van der Waals surface area contributed by atoms with Gasteiger partial charge in [-0.05, 0) is 31.5 Å². The van der Waals surface area contributed by atoms with Crippen molar-refractivity contribution in [2.24, 2.45) is 0 Å². The molecular weight excluding hydrogens is 226 g/mol. The van der Waals surface area contributed by atoms with E-state index in [0.717, 1.165) is 17.0 Å². The summed E-state index contributed by atoms with van der Waals surface area (Å²) >= 11 is 6.06. The first-order chi connectivity index (χ1) is 7.45. The van der Waals surface area contributed by atoms with Crippen LogP contribution in [0.2, 0.25) is 5.02 Å². The van der Waals surface area contributed by atoms with Crippen molar-refractivity contribution in [1.82, 2.24) is 0 Å². The molecule has 0 fully saturated rings. The lowest BCUT2D eigenvalue weighted by Gasteiger charge is -2.21. The maximum absolute atomic E-state index is 11.1. The van der Waals surface area contributed by atoms with Crippen LogP contribution in [0.15, 0.2) is 12.1 Å². The minimum absolute atomic E-state index is 0.0984. The van der Waals surface area contributed by atoms with Crippen molar-refractivity contribution in [2.75, 3.05) is 25.6 Å². The van der Waals surface area contributed by atoms with Gasteiger partial charge in [0.05, 0.1) is 19.3 Å². The van der Waals surface area contributed by atoms with Crippen molar-refractivity contribution in [3.8, 4) is 5.75 Å². The first-order valence-corrected chi connectivity index (χ1v) is 5.38. The molecule has 0 saturated carbocycles. The highest BCUT2D eigenvalue weighted by molar-refractivity contribution is 6.31. The zero-order valence-electron chi connectivity index (χ0n) is 10.0. The van der Waals surface area contributed by atoms with E-state index >= 15 is 0 Å². The predicted molar refractivity (Wildman–Crippen MR) is 66.7 cm³/mol. The summed E-state index contributed by atoms with van der Waals surface area (Å²) in [6, 6.07) is 3.69. The van der Waals surface area contributed by atoms with Crippen molar-refractivity contribution in [3.63, 3.8) is 0 Å². The van der Waals surface area contributed by atoms with Crippen LogP contribution in [0.4, 0.5) is 5.69 Å². The second-order valence-electron chi connectivity index (χ2n) is 3.83. The molecule has 1 aromatic carbocycles. The molecule has 1 aromatic rings. The summed E-state index contributed by atoms with van der Waals surface area (Å²) < 4.78 is 5.27. The molecule has 0 saturated heterocycles. The third-order valence-electron chi connectivity index (χ3n) is 2.33. The molecule has 0 heterocycles. The van der Waals surface area contributed by atoms with Crippen molar-refractivity contribution >= 4 is 23.1 Å². The molecular formula is C12H16ClNO2. The molecule has 0 bridgehead atoms. The monoisotopic (exact) mass is 241 g/mol. The minimum atomic E-state index is 0.0984. The lowest BCUT2D eigenvalue weighted by atomic mass is 10.2. The number of anilines is 1. The van der Waals surface area contributed by atoms with E-state index in [9.17, 15) is 4.79 Å². The van der Waals surface area contributed by atoms with Gasteiger partial charge in [0, 0.05) is 12.1 Å². The highest BCUT2D eigenvalue weighted by Crippen LogP contribution is 2.32. The van der Waals surface area contributed by atoms with E-state index in [2.05, 4.69) is 0 Å². The largest absolute Gasteiger partial charge is 0.495 e. The Bertz CT molecular complexity index is 404. The Morgan fingerprint density at radius 3 is 2.62 bits per heavy atom. The summed E-state index contributed by atoms with van der Waals surface area (Å²) in [7, 11) is 3.44. The lowest BCUT2D eigenvalue weighted by Crippen LogP contribution is -2.24. The van der Waals surface area contributed by atoms with Crippen LogP contribution in [0, 0.1) is 6.92 Å². The molecule has 88 valence electrons. The molecule has 0 radical (unpaired) electrons. The van der Waals surface area contributed by atoms with Crippen molar-refractivity contribution < 1.29 is 9.53 Å². The van der Waals surface area contributed by atoms with Gasteiger partial charge in [0.25, 0.3) is 0 Å². The van der Waals surface area contributed by atoms with E-state index in [4.69, 9.17) is 16.3 Å². The summed E-state index contributed by atoms with van der Waals surface area (Å²) in [5.74, 6) is 0.826. The van der Waals surface area contributed by atoms with E-state index in [1.54, 1.807) is 14.0 Å². The van der Waals surface area contributed by atoms with Gasteiger partial charge in [-0.25, -0.2) is 0 Å². The topological polar surface area (TPSA) is 29.5 Å². The number of methoxy groups -OCH3 is 1. The summed E-state index contributed by atoms with van der Waals surface area (Å²) in [5, 5.41) is 0.672. The van der Waals surface area contributed by atoms with E-state index in [1.165, 1.54) is 0 Å². The summed E-state index contributed by atoms with van der Waals surface area (Å²) in [6.45, 7) is 3.81. The molecule has 4 heteroatoms. The number of halogens is 1. The van der Waals surface area contributed by atoms with Crippen molar-refractivity contribution in [3.05, 3.63) is 22.7 Å². The van der Waals surface area contributed by atoms with Crippen LogP contribution >= 0.6 is 11.6 Å². The fourth-order valence-electron chi connectivity index (χ4n) is 1.53. The van der Waals surface area contributed by atoms with Gasteiger partial charge in [-0.15, -0.1) is 0 Å². The molecule has 0 aromatic heterocycles. The highest BCUT2D eigenvalue weighted by Gasteiger charge is 2.12. The number of Topliss-reactive ketones (excluding diaryl/α,β-unsaturated/α-hetero) is 1. The SMILES string of the molecule is COc1cc(C)c(Cl)cc1N(C)CC(C)=O. The van der Waals surface area contributed by atoms with Crippen LogP contribution in [-0.2, 0) is 4.79 Å². The van der Waals surface area contributed by atoms with Gasteiger partial charge in [0.2, 0.25) is 0 Å². The summed E-state index contributed by atoms with van der Waals surface area (Å²) in [4.78, 5) is 12.9. The molecule has 16 heavy (non-hydrogen) atoms. The van der Waals surface area contributed by atoms with E-state index in [-0.39, 0.29) is 5.78 Å². The lowest BCUT2D eigenvalue weighted by molar-refractivity contribution is -0.115. The zero-order chi connectivity index (χ0) is 12.3. The van der Waals surface area contributed by atoms with Gasteiger partial charge in [0.1, 0.15) is 11.5 Å². The van der Waals surface area contributed by atoms with Crippen molar-refractivity contribution in [1.29, 1.82) is 0 Å². The maximum Gasteiger partial charge on any atom is 0.149 e. The molecule has 3 nitrogen and oxygen atoms in total. The van der Waals surface area contributed by atoms with Gasteiger partial charge in [-0.2, -0.15) is 0 Å². The number of ketones is 1. The van der Waals surface area contributed by atoms with E-state index in [1.807, 2.05) is 31.0 Å². The average molecular weight is 242 g/mol. The van der Waals surface area contributed by atoms with Gasteiger partial charge >= 0.3 is 0 Å². The molecule has 0 N–H and O–H groups in total. The number of carbonyl (C=O) groups is 1.